The number of hydrogen-bond acceptors (Lipinski definition) is 4. The Labute approximate surface area is 128 Å². The molecule has 112 valence electrons. The number of carbonyl (C=O) groups excluding carboxylic acids is 1. The van der Waals surface area contributed by atoms with Crippen LogP contribution in [-0.2, 0) is 4.74 Å². The van der Waals surface area contributed by atoms with E-state index in [-0.39, 0.29) is 6.10 Å². The molecular weight excluding hydrogens is 280 g/mol. The van der Waals surface area contributed by atoms with Crippen molar-refractivity contribution in [2.24, 2.45) is 5.10 Å². The van der Waals surface area contributed by atoms with Crippen molar-refractivity contribution in [3.63, 3.8) is 0 Å². The lowest BCUT2D eigenvalue weighted by molar-refractivity contribution is 0.171. The van der Waals surface area contributed by atoms with Crippen LogP contribution in [0.1, 0.15) is 23.7 Å². The van der Waals surface area contributed by atoms with Gasteiger partial charge in [0.1, 0.15) is 11.9 Å². The lowest BCUT2D eigenvalue weighted by atomic mass is 9.96. The van der Waals surface area contributed by atoms with E-state index >= 15 is 0 Å². The number of rotatable bonds is 2. The fourth-order valence-electron chi connectivity index (χ4n) is 2.41. The Morgan fingerprint density at radius 3 is 2.68 bits per heavy atom. The smallest absolute Gasteiger partial charge is 0.427 e. The van der Waals surface area contributed by atoms with Crippen LogP contribution in [0, 0.1) is 0 Å². The summed E-state index contributed by atoms with van der Waals surface area (Å²) in [6, 6.07) is 17.6. The van der Waals surface area contributed by atoms with Gasteiger partial charge < -0.3 is 9.47 Å². The molecule has 0 saturated heterocycles. The van der Waals surface area contributed by atoms with Crippen molar-refractivity contribution < 1.29 is 14.3 Å². The van der Waals surface area contributed by atoms with E-state index < -0.39 is 6.09 Å². The van der Waals surface area contributed by atoms with Gasteiger partial charge in [0.25, 0.3) is 0 Å². The molecule has 1 heterocycles. The maximum atomic E-state index is 11.2. The summed E-state index contributed by atoms with van der Waals surface area (Å²) in [6.07, 6.45) is -0.146. The molecule has 0 fully saturated rings. The molecule has 1 aliphatic rings. The largest absolute Gasteiger partial charge is 0.485 e. The fraction of sp³-hybridized carbons (Fsp3) is 0.176. The highest BCUT2D eigenvalue weighted by Crippen LogP contribution is 2.34. The van der Waals surface area contributed by atoms with Crippen LogP contribution in [0.2, 0.25) is 0 Å². The number of carbonyl (C=O) groups is 1. The minimum absolute atomic E-state index is 0.130. The van der Waals surface area contributed by atoms with Gasteiger partial charge in [0.05, 0.1) is 12.8 Å². The SMILES string of the molecule is COC(=O)N/N=C1/C[C@@H](c2ccccc2)Oc2ccccc21. The molecule has 0 bridgehead atoms. The molecule has 0 aromatic heterocycles. The molecule has 22 heavy (non-hydrogen) atoms. The first-order valence-corrected chi connectivity index (χ1v) is 6.99. The van der Waals surface area contributed by atoms with E-state index in [9.17, 15) is 4.79 Å². The minimum Gasteiger partial charge on any atom is -0.485 e. The predicted octanol–water partition coefficient (Wildman–Crippen LogP) is 3.27. The molecule has 0 unspecified atom stereocenters. The summed E-state index contributed by atoms with van der Waals surface area (Å²) in [5.41, 5.74) is 5.10. The standard InChI is InChI=1S/C17H16N2O3/c1-21-17(20)19-18-14-11-16(12-7-3-2-4-8-12)22-15-10-6-5-9-13(14)15/h2-10,16H,11H2,1H3,(H,19,20)/b18-14-/t16-/m0/s1. The first kappa shape index (κ1) is 14.1. The quantitative estimate of drug-likeness (QED) is 0.865. The van der Waals surface area contributed by atoms with Crippen molar-refractivity contribution in [3.05, 3.63) is 65.7 Å². The molecule has 0 radical (unpaired) electrons. The normalized spacial score (nSPS) is 18.2. The first-order valence-electron chi connectivity index (χ1n) is 6.99. The topological polar surface area (TPSA) is 59.9 Å². The van der Waals surface area contributed by atoms with E-state index in [1.165, 1.54) is 7.11 Å². The van der Waals surface area contributed by atoms with E-state index in [1.807, 2.05) is 54.6 Å². The number of methoxy groups -OCH3 is 1. The van der Waals surface area contributed by atoms with Gasteiger partial charge in [-0.25, -0.2) is 10.2 Å². The molecule has 1 atom stereocenters. The van der Waals surface area contributed by atoms with Gasteiger partial charge in [0.2, 0.25) is 0 Å². The van der Waals surface area contributed by atoms with Crippen LogP contribution >= 0.6 is 0 Å². The molecule has 1 amide bonds. The molecule has 0 saturated carbocycles. The zero-order chi connectivity index (χ0) is 15.4. The second-order valence-corrected chi connectivity index (χ2v) is 4.88. The number of benzene rings is 2. The highest BCUT2D eigenvalue weighted by atomic mass is 16.5. The van der Waals surface area contributed by atoms with Crippen LogP contribution in [0.25, 0.3) is 0 Å². The second kappa shape index (κ2) is 6.30. The van der Waals surface area contributed by atoms with Crippen LogP contribution in [0.3, 0.4) is 0 Å². The van der Waals surface area contributed by atoms with Crippen molar-refractivity contribution in [2.75, 3.05) is 7.11 Å². The number of amides is 1. The Morgan fingerprint density at radius 1 is 1.18 bits per heavy atom. The van der Waals surface area contributed by atoms with Crippen LogP contribution in [0.5, 0.6) is 5.75 Å². The second-order valence-electron chi connectivity index (χ2n) is 4.88. The molecule has 1 aliphatic heterocycles. The zero-order valence-electron chi connectivity index (χ0n) is 12.2. The fourth-order valence-corrected chi connectivity index (χ4v) is 2.41. The van der Waals surface area contributed by atoms with Gasteiger partial charge in [-0.15, -0.1) is 0 Å². The monoisotopic (exact) mass is 296 g/mol. The predicted molar refractivity (Wildman–Crippen MR) is 82.9 cm³/mol. The summed E-state index contributed by atoms with van der Waals surface area (Å²) in [4.78, 5) is 11.2. The molecule has 2 aromatic rings. The lowest BCUT2D eigenvalue weighted by Crippen LogP contribution is -2.25. The van der Waals surface area contributed by atoms with E-state index in [0.29, 0.717) is 6.42 Å². The minimum atomic E-state index is -0.590. The Bertz CT molecular complexity index is 698. The molecular formula is C17H16N2O3. The lowest BCUT2D eigenvalue weighted by Gasteiger charge is -2.27. The van der Waals surface area contributed by atoms with Crippen molar-refractivity contribution in [1.29, 1.82) is 0 Å². The summed E-state index contributed by atoms with van der Waals surface area (Å²) in [7, 11) is 1.31. The zero-order valence-corrected chi connectivity index (χ0v) is 12.2. The van der Waals surface area contributed by atoms with Crippen molar-refractivity contribution >= 4 is 11.8 Å². The Hall–Kier alpha value is -2.82. The first-order chi connectivity index (χ1) is 10.8. The average molecular weight is 296 g/mol. The number of para-hydroxylation sites is 1. The van der Waals surface area contributed by atoms with Gasteiger partial charge in [-0.05, 0) is 17.7 Å². The van der Waals surface area contributed by atoms with E-state index in [4.69, 9.17) is 4.74 Å². The summed E-state index contributed by atoms with van der Waals surface area (Å²) in [5, 5.41) is 4.18. The van der Waals surface area contributed by atoms with Crippen molar-refractivity contribution in [1.82, 2.24) is 5.43 Å². The summed E-state index contributed by atoms with van der Waals surface area (Å²) < 4.78 is 10.6. The molecule has 5 heteroatoms. The van der Waals surface area contributed by atoms with Crippen molar-refractivity contribution in [3.8, 4) is 5.75 Å². The molecule has 0 aliphatic carbocycles. The molecule has 5 nitrogen and oxygen atoms in total. The number of hydrogen-bond donors (Lipinski definition) is 1. The van der Waals surface area contributed by atoms with E-state index in [0.717, 1.165) is 22.6 Å². The average Bonchev–Trinajstić information content (AvgIpc) is 2.59. The third-order valence-corrected chi connectivity index (χ3v) is 3.48. The van der Waals surface area contributed by atoms with Crippen LogP contribution < -0.4 is 10.2 Å². The number of nitrogens with one attached hydrogen (secondary N) is 1. The van der Waals surface area contributed by atoms with Crippen LogP contribution in [0.15, 0.2) is 59.7 Å². The third-order valence-electron chi connectivity index (χ3n) is 3.48. The van der Waals surface area contributed by atoms with Gasteiger partial charge in [-0.2, -0.15) is 5.10 Å². The number of hydrazone groups is 1. The summed E-state index contributed by atoms with van der Waals surface area (Å²) >= 11 is 0. The highest BCUT2D eigenvalue weighted by molar-refractivity contribution is 6.04. The van der Waals surface area contributed by atoms with Crippen LogP contribution in [0.4, 0.5) is 4.79 Å². The summed E-state index contributed by atoms with van der Waals surface area (Å²) in [6.45, 7) is 0. The Kier molecular flexibility index (Phi) is 4.05. The van der Waals surface area contributed by atoms with Crippen LogP contribution in [-0.4, -0.2) is 18.9 Å². The molecule has 1 N–H and O–H groups in total. The molecule has 2 aromatic carbocycles. The molecule has 3 rings (SSSR count). The van der Waals surface area contributed by atoms with Gasteiger partial charge in [-0.1, -0.05) is 42.5 Å². The van der Waals surface area contributed by atoms with Gasteiger partial charge in [0.15, 0.2) is 0 Å². The Balaban J connectivity index is 1.93. The van der Waals surface area contributed by atoms with Crippen molar-refractivity contribution in [2.45, 2.75) is 12.5 Å². The maximum absolute atomic E-state index is 11.2. The number of fused-ring (bicyclic) bond motifs is 1. The van der Waals surface area contributed by atoms with E-state index in [1.54, 1.807) is 0 Å². The van der Waals surface area contributed by atoms with Gasteiger partial charge in [-0.3, -0.25) is 0 Å². The van der Waals surface area contributed by atoms with E-state index in [2.05, 4.69) is 15.3 Å². The Morgan fingerprint density at radius 2 is 1.91 bits per heavy atom. The third kappa shape index (κ3) is 2.93. The number of ether oxygens (including phenoxy) is 2. The van der Waals surface area contributed by atoms with Gasteiger partial charge >= 0.3 is 6.09 Å². The molecule has 0 spiro atoms. The highest BCUT2D eigenvalue weighted by Gasteiger charge is 2.26. The maximum Gasteiger partial charge on any atom is 0.427 e. The van der Waals surface area contributed by atoms with Gasteiger partial charge in [0, 0.05) is 12.0 Å². The summed E-state index contributed by atoms with van der Waals surface area (Å²) in [5.74, 6) is 0.757. The number of nitrogens with zero attached hydrogens (tertiary/aromatic N) is 1.